The summed E-state index contributed by atoms with van der Waals surface area (Å²) in [5.41, 5.74) is 3.19. The number of carbonyl (C=O) groups excluding carboxylic acids is 2. The summed E-state index contributed by atoms with van der Waals surface area (Å²) in [4.78, 5) is 31.5. The molecule has 5 nitrogen and oxygen atoms in total. The van der Waals surface area contributed by atoms with Crippen LogP contribution in [0.15, 0.2) is 60.0 Å². The minimum absolute atomic E-state index is 0.0370. The third-order valence-electron chi connectivity index (χ3n) is 4.81. The smallest absolute Gasteiger partial charge is 0.358 e. The van der Waals surface area contributed by atoms with Crippen LogP contribution in [0.5, 0.6) is 0 Å². The molecule has 0 N–H and O–H groups in total. The van der Waals surface area contributed by atoms with Crippen molar-refractivity contribution in [1.29, 1.82) is 0 Å². The molecule has 1 aliphatic rings. The van der Waals surface area contributed by atoms with E-state index in [9.17, 15) is 9.59 Å². The first kappa shape index (κ1) is 18.4. The second-order valence-electron chi connectivity index (χ2n) is 6.84. The van der Waals surface area contributed by atoms with Gasteiger partial charge in [-0.15, -0.1) is 11.3 Å². The van der Waals surface area contributed by atoms with E-state index in [1.54, 1.807) is 17.2 Å². The predicted molar refractivity (Wildman–Crippen MR) is 110 cm³/mol. The van der Waals surface area contributed by atoms with Gasteiger partial charge in [-0.25, -0.2) is 9.78 Å². The molecule has 0 aliphatic carbocycles. The third-order valence-corrected chi connectivity index (χ3v) is 5.70. The molecule has 0 radical (unpaired) electrons. The number of thiazole rings is 1. The van der Waals surface area contributed by atoms with E-state index in [1.807, 2.05) is 61.5 Å². The minimum Gasteiger partial charge on any atom is -0.448 e. The van der Waals surface area contributed by atoms with E-state index in [-0.39, 0.29) is 17.6 Å². The first-order valence-corrected chi connectivity index (χ1v) is 10.1. The van der Waals surface area contributed by atoms with E-state index < -0.39 is 12.1 Å². The SMILES string of the molecule is C[C@H](OC(=O)c1csc(-c2ccccc2)n1)C(=O)N1c2ccccc2C[C@H]1C. The molecule has 0 unspecified atom stereocenters. The molecule has 2 aromatic carbocycles. The van der Waals surface area contributed by atoms with Crippen LogP contribution < -0.4 is 4.90 Å². The summed E-state index contributed by atoms with van der Waals surface area (Å²) < 4.78 is 5.44. The van der Waals surface area contributed by atoms with Gasteiger partial charge in [0.2, 0.25) is 0 Å². The zero-order valence-electron chi connectivity index (χ0n) is 15.7. The number of aromatic nitrogens is 1. The Hall–Kier alpha value is -2.99. The Balaban J connectivity index is 1.47. The molecule has 142 valence electrons. The Kier molecular flexibility index (Phi) is 4.96. The van der Waals surface area contributed by atoms with Gasteiger partial charge in [-0.1, -0.05) is 48.5 Å². The molecule has 0 bridgehead atoms. The molecule has 4 rings (SSSR count). The largest absolute Gasteiger partial charge is 0.448 e. The zero-order valence-corrected chi connectivity index (χ0v) is 16.5. The Bertz CT molecular complexity index is 1020. The van der Waals surface area contributed by atoms with E-state index in [0.717, 1.165) is 28.2 Å². The number of hydrogen-bond acceptors (Lipinski definition) is 5. The lowest BCUT2D eigenvalue weighted by Crippen LogP contribution is -2.43. The summed E-state index contributed by atoms with van der Waals surface area (Å²) in [5.74, 6) is -0.802. The summed E-state index contributed by atoms with van der Waals surface area (Å²) in [6.07, 6.45) is -0.0854. The number of rotatable bonds is 4. The maximum absolute atomic E-state index is 12.9. The van der Waals surface area contributed by atoms with Crippen LogP contribution in [0.1, 0.15) is 29.9 Å². The number of anilines is 1. The highest BCUT2D eigenvalue weighted by Crippen LogP contribution is 2.32. The number of amides is 1. The van der Waals surface area contributed by atoms with E-state index in [0.29, 0.717) is 0 Å². The average Bonchev–Trinajstić information content (AvgIpc) is 3.32. The van der Waals surface area contributed by atoms with Gasteiger partial charge in [0, 0.05) is 22.7 Å². The standard InChI is InChI=1S/C22H20N2O3S/c1-14-12-17-10-6-7-11-19(17)24(14)21(25)15(2)27-22(26)18-13-28-20(23-18)16-8-4-3-5-9-16/h3-11,13-15H,12H2,1-2H3/t14-,15+/m1/s1. The molecular formula is C22H20N2O3S. The van der Waals surface area contributed by atoms with Gasteiger partial charge in [0.25, 0.3) is 5.91 Å². The number of carbonyl (C=O) groups is 2. The van der Waals surface area contributed by atoms with Crippen molar-refractivity contribution >= 4 is 28.9 Å². The maximum Gasteiger partial charge on any atom is 0.358 e. The molecule has 1 amide bonds. The zero-order chi connectivity index (χ0) is 19.7. The molecule has 2 atom stereocenters. The quantitative estimate of drug-likeness (QED) is 0.620. The van der Waals surface area contributed by atoms with Crippen LogP contribution in [0.2, 0.25) is 0 Å². The van der Waals surface area contributed by atoms with Gasteiger partial charge >= 0.3 is 5.97 Å². The molecular weight excluding hydrogens is 372 g/mol. The van der Waals surface area contributed by atoms with Crippen LogP contribution in [-0.2, 0) is 16.0 Å². The molecule has 0 fully saturated rings. The molecule has 6 heteroatoms. The fraction of sp³-hybridized carbons (Fsp3) is 0.227. The van der Waals surface area contributed by atoms with Gasteiger partial charge in [0.1, 0.15) is 5.01 Å². The van der Waals surface area contributed by atoms with Crippen molar-refractivity contribution in [2.75, 3.05) is 4.90 Å². The number of hydrogen-bond donors (Lipinski definition) is 0. The van der Waals surface area contributed by atoms with Crippen molar-refractivity contribution in [3.05, 3.63) is 71.2 Å². The van der Waals surface area contributed by atoms with Crippen LogP contribution in [0.4, 0.5) is 5.69 Å². The van der Waals surface area contributed by atoms with Crippen molar-refractivity contribution in [2.24, 2.45) is 0 Å². The van der Waals surface area contributed by atoms with Crippen LogP contribution >= 0.6 is 11.3 Å². The van der Waals surface area contributed by atoms with E-state index in [4.69, 9.17) is 4.74 Å². The van der Waals surface area contributed by atoms with Crippen molar-refractivity contribution < 1.29 is 14.3 Å². The van der Waals surface area contributed by atoms with E-state index in [2.05, 4.69) is 4.98 Å². The Labute approximate surface area is 167 Å². The average molecular weight is 392 g/mol. The number of nitrogens with zero attached hydrogens (tertiary/aromatic N) is 2. The summed E-state index contributed by atoms with van der Waals surface area (Å²) >= 11 is 1.38. The van der Waals surface area contributed by atoms with Gasteiger partial charge in [-0.05, 0) is 31.9 Å². The molecule has 0 saturated carbocycles. The van der Waals surface area contributed by atoms with Crippen molar-refractivity contribution in [3.8, 4) is 10.6 Å². The summed E-state index contributed by atoms with van der Waals surface area (Å²) in [6.45, 7) is 3.61. The van der Waals surface area contributed by atoms with E-state index in [1.165, 1.54) is 11.3 Å². The fourth-order valence-electron chi connectivity index (χ4n) is 3.45. The Morgan fingerprint density at radius 3 is 2.64 bits per heavy atom. The van der Waals surface area contributed by atoms with Crippen molar-refractivity contribution in [1.82, 2.24) is 4.98 Å². The highest BCUT2D eigenvalue weighted by molar-refractivity contribution is 7.13. The molecule has 0 saturated heterocycles. The van der Waals surface area contributed by atoms with Gasteiger partial charge in [-0.2, -0.15) is 0 Å². The second kappa shape index (κ2) is 7.56. The minimum atomic E-state index is -0.886. The number of ether oxygens (including phenoxy) is 1. The van der Waals surface area contributed by atoms with E-state index >= 15 is 0 Å². The molecule has 1 aromatic heterocycles. The maximum atomic E-state index is 12.9. The topological polar surface area (TPSA) is 59.5 Å². The van der Waals surface area contributed by atoms with Crippen molar-refractivity contribution in [2.45, 2.75) is 32.4 Å². The molecule has 2 heterocycles. The molecule has 1 aliphatic heterocycles. The fourth-order valence-corrected chi connectivity index (χ4v) is 4.24. The monoisotopic (exact) mass is 392 g/mol. The first-order valence-electron chi connectivity index (χ1n) is 9.17. The lowest BCUT2D eigenvalue weighted by Gasteiger charge is -2.25. The lowest BCUT2D eigenvalue weighted by molar-refractivity contribution is -0.126. The summed E-state index contributed by atoms with van der Waals surface area (Å²) in [7, 11) is 0. The first-order chi connectivity index (χ1) is 13.5. The van der Waals surface area contributed by atoms with Crippen molar-refractivity contribution in [3.63, 3.8) is 0 Å². The highest BCUT2D eigenvalue weighted by Gasteiger charge is 2.34. The van der Waals surface area contributed by atoms with Gasteiger partial charge in [-0.3, -0.25) is 4.79 Å². The number of fused-ring (bicyclic) bond motifs is 1. The van der Waals surface area contributed by atoms with Gasteiger partial charge in [0.05, 0.1) is 0 Å². The number of para-hydroxylation sites is 1. The molecule has 0 spiro atoms. The normalized spacial score (nSPS) is 16.5. The summed E-state index contributed by atoms with van der Waals surface area (Å²) in [6, 6.07) is 17.5. The van der Waals surface area contributed by atoms with Crippen LogP contribution in [-0.4, -0.2) is 29.0 Å². The highest BCUT2D eigenvalue weighted by atomic mass is 32.1. The molecule has 28 heavy (non-hydrogen) atoms. The Morgan fingerprint density at radius 2 is 1.86 bits per heavy atom. The Morgan fingerprint density at radius 1 is 1.14 bits per heavy atom. The van der Waals surface area contributed by atoms with Gasteiger partial charge < -0.3 is 9.64 Å². The van der Waals surface area contributed by atoms with Crippen LogP contribution in [0.3, 0.4) is 0 Å². The molecule has 3 aromatic rings. The van der Waals surface area contributed by atoms with Crippen LogP contribution in [0.25, 0.3) is 10.6 Å². The number of esters is 1. The number of benzene rings is 2. The van der Waals surface area contributed by atoms with Crippen LogP contribution in [0, 0.1) is 0 Å². The van der Waals surface area contributed by atoms with Gasteiger partial charge in [0.15, 0.2) is 11.8 Å². The third kappa shape index (κ3) is 3.43. The second-order valence-corrected chi connectivity index (χ2v) is 7.70. The lowest BCUT2D eigenvalue weighted by atomic mass is 10.1. The predicted octanol–water partition coefficient (Wildman–Crippen LogP) is 4.33. The summed E-state index contributed by atoms with van der Waals surface area (Å²) in [5, 5.41) is 2.41.